The molecule has 2 rings (SSSR count). The third-order valence-corrected chi connectivity index (χ3v) is 4.48. The molecule has 0 spiro atoms. The molecule has 0 bridgehead atoms. The first-order valence-electron chi connectivity index (χ1n) is 9.81. The van der Waals surface area contributed by atoms with E-state index in [0.717, 1.165) is 37.4 Å². The fourth-order valence-corrected chi connectivity index (χ4v) is 2.93. The molecule has 1 aliphatic heterocycles. The Morgan fingerprint density at radius 1 is 1.29 bits per heavy atom. The fourth-order valence-electron chi connectivity index (χ4n) is 2.93. The largest absolute Gasteiger partial charge is 0.444 e. The van der Waals surface area contributed by atoms with Crippen molar-refractivity contribution < 1.29 is 14.3 Å². The van der Waals surface area contributed by atoms with Crippen molar-refractivity contribution in [3.8, 4) is 6.07 Å². The molecule has 1 amide bonds. The standard InChI is InChI=1S/C21H32N4O3/c1-21(2,3)28-20(26)24(4)12-14-27-13-7-17-15-19(6-5-18(17)16-22)25-10-8-23-9-11-25/h5-6,15,23H,7-14H2,1-4H3. The van der Waals surface area contributed by atoms with E-state index in [9.17, 15) is 10.1 Å². The second-order valence-corrected chi connectivity index (χ2v) is 7.95. The number of anilines is 1. The lowest BCUT2D eigenvalue weighted by Crippen LogP contribution is -2.43. The summed E-state index contributed by atoms with van der Waals surface area (Å²) in [6.45, 7) is 10.8. The summed E-state index contributed by atoms with van der Waals surface area (Å²) in [5.74, 6) is 0. The summed E-state index contributed by atoms with van der Waals surface area (Å²) in [5, 5.41) is 12.7. The number of nitrogens with zero attached hydrogens (tertiary/aromatic N) is 3. The Hall–Kier alpha value is -2.30. The van der Waals surface area contributed by atoms with Crippen molar-refractivity contribution in [1.29, 1.82) is 5.26 Å². The lowest BCUT2D eigenvalue weighted by Gasteiger charge is -2.30. The number of benzene rings is 1. The number of ether oxygens (including phenoxy) is 2. The molecule has 154 valence electrons. The Labute approximate surface area is 168 Å². The van der Waals surface area contributed by atoms with E-state index in [1.54, 1.807) is 7.05 Å². The Morgan fingerprint density at radius 3 is 2.64 bits per heavy atom. The topological polar surface area (TPSA) is 77.8 Å². The van der Waals surface area contributed by atoms with Gasteiger partial charge in [-0.1, -0.05) is 0 Å². The van der Waals surface area contributed by atoms with Gasteiger partial charge >= 0.3 is 6.09 Å². The van der Waals surface area contributed by atoms with Crippen LogP contribution in [-0.4, -0.2) is 69.6 Å². The zero-order valence-electron chi connectivity index (χ0n) is 17.5. The van der Waals surface area contributed by atoms with Crippen LogP contribution in [-0.2, 0) is 15.9 Å². The third kappa shape index (κ3) is 7.02. The van der Waals surface area contributed by atoms with Gasteiger partial charge in [0.2, 0.25) is 0 Å². The lowest BCUT2D eigenvalue weighted by molar-refractivity contribution is 0.0233. The molecule has 7 nitrogen and oxygen atoms in total. The van der Waals surface area contributed by atoms with Gasteiger partial charge in [-0.05, 0) is 51.0 Å². The summed E-state index contributed by atoms with van der Waals surface area (Å²) in [7, 11) is 1.70. The Kier molecular flexibility index (Phi) is 8.09. The average Bonchev–Trinajstić information content (AvgIpc) is 2.66. The maximum absolute atomic E-state index is 11.9. The maximum atomic E-state index is 11.9. The summed E-state index contributed by atoms with van der Waals surface area (Å²) >= 11 is 0. The molecule has 1 saturated heterocycles. The van der Waals surface area contributed by atoms with Crippen LogP contribution in [0.15, 0.2) is 18.2 Å². The molecule has 0 unspecified atom stereocenters. The molecular formula is C21H32N4O3. The van der Waals surface area contributed by atoms with E-state index >= 15 is 0 Å². The number of nitriles is 1. The number of hydrogen-bond donors (Lipinski definition) is 1. The van der Waals surface area contributed by atoms with E-state index in [0.29, 0.717) is 31.7 Å². The van der Waals surface area contributed by atoms with Gasteiger partial charge in [0.15, 0.2) is 0 Å². The van der Waals surface area contributed by atoms with E-state index in [4.69, 9.17) is 9.47 Å². The minimum atomic E-state index is -0.505. The summed E-state index contributed by atoms with van der Waals surface area (Å²) in [5.41, 5.74) is 2.34. The fraction of sp³-hybridized carbons (Fsp3) is 0.619. The minimum Gasteiger partial charge on any atom is -0.444 e. The molecule has 1 aromatic carbocycles. The van der Waals surface area contributed by atoms with E-state index in [1.165, 1.54) is 4.90 Å². The Bertz CT molecular complexity index is 688. The van der Waals surface area contributed by atoms with Crippen LogP contribution < -0.4 is 10.2 Å². The molecule has 28 heavy (non-hydrogen) atoms. The van der Waals surface area contributed by atoms with E-state index < -0.39 is 5.60 Å². The van der Waals surface area contributed by atoms with Gasteiger partial charge in [0.25, 0.3) is 0 Å². The van der Waals surface area contributed by atoms with Gasteiger partial charge in [-0.25, -0.2) is 4.79 Å². The number of rotatable bonds is 7. The third-order valence-electron chi connectivity index (χ3n) is 4.48. The number of hydrogen-bond acceptors (Lipinski definition) is 6. The molecule has 1 fully saturated rings. The first-order chi connectivity index (χ1) is 13.3. The molecule has 0 saturated carbocycles. The van der Waals surface area contributed by atoms with Crippen molar-refractivity contribution in [1.82, 2.24) is 10.2 Å². The summed E-state index contributed by atoms with van der Waals surface area (Å²) in [4.78, 5) is 15.8. The van der Waals surface area contributed by atoms with Crippen LogP contribution >= 0.6 is 0 Å². The molecule has 0 atom stereocenters. The van der Waals surface area contributed by atoms with Crippen LogP contribution in [0.5, 0.6) is 0 Å². The van der Waals surface area contributed by atoms with Crippen molar-refractivity contribution >= 4 is 11.8 Å². The zero-order chi connectivity index (χ0) is 20.6. The van der Waals surface area contributed by atoms with Crippen LogP contribution in [0.25, 0.3) is 0 Å². The number of likely N-dealkylation sites (N-methyl/N-ethyl adjacent to an activating group) is 1. The Balaban J connectivity index is 1.80. The highest BCUT2D eigenvalue weighted by atomic mass is 16.6. The van der Waals surface area contributed by atoms with Crippen LogP contribution in [0.4, 0.5) is 10.5 Å². The highest BCUT2D eigenvalue weighted by Crippen LogP contribution is 2.20. The van der Waals surface area contributed by atoms with Crippen LogP contribution in [0, 0.1) is 11.3 Å². The van der Waals surface area contributed by atoms with Crippen LogP contribution in [0.2, 0.25) is 0 Å². The van der Waals surface area contributed by atoms with Gasteiger partial charge in [0.05, 0.1) is 24.8 Å². The maximum Gasteiger partial charge on any atom is 0.410 e. The quantitative estimate of drug-likeness (QED) is 0.723. The molecule has 0 radical (unpaired) electrons. The van der Waals surface area contributed by atoms with Gasteiger partial charge in [-0.15, -0.1) is 0 Å². The van der Waals surface area contributed by atoms with Crippen molar-refractivity contribution in [3.05, 3.63) is 29.3 Å². The summed E-state index contributed by atoms with van der Waals surface area (Å²) in [6.07, 6.45) is 0.311. The number of carbonyl (C=O) groups excluding carboxylic acids is 1. The monoisotopic (exact) mass is 388 g/mol. The highest BCUT2D eigenvalue weighted by molar-refractivity contribution is 5.67. The normalized spacial score (nSPS) is 14.5. The first kappa shape index (κ1) is 22.0. The van der Waals surface area contributed by atoms with Gasteiger partial charge in [0, 0.05) is 45.5 Å². The van der Waals surface area contributed by atoms with Gasteiger partial charge in [-0.3, -0.25) is 0 Å². The van der Waals surface area contributed by atoms with Crippen LogP contribution in [0.1, 0.15) is 31.9 Å². The smallest absolute Gasteiger partial charge is 0.410 e. The average molecular weight is 389 g/mol. The Morgan fingerprint density at radius 2 is 2.00 bits per heavy atom. The van der Waals surface area contributed by atoms with E-state index in [-0.39, 0.29) is 6.09 Å². The van der Waals surface area contributed by atoms with Gasteiger partial charge in [0.1, 0.15) is 5.60 Å². The molecule has 0 aromatic heterocycles. The predicted octanol–water partition coefficient (Wildman–Crippen LogP) is 2.39. The number of carbonyl (C=O) groups is 1. The van der Waals surface area contributed by atoms with E-state index in [1.807, 2.05) is 32.9 Å². The van der Waals surface area contributed by atoms with Gasteiger partial charge in [-0.2, -0.15) is 5.26 Å². The molecule has 1 heterocycles. The lowest BCUT2D eigenvalue weighted by atomic mass is 10.0. The molecule has 1 N–H and O–H groups in total. The molecular weight excluding hydrogens is 356 g/mol. The SMILES string of the molecule is CN(CCOCCc1cc(N2CCNCC2)ccc1C#N)C(=O)OC(C)(C)C. The first-order valence-corrected chi connectivity index (χ1v) is 9.81. The van der Waals surface area contributed by atoms with Gasteiger partial charge < -0.3 is 24.6 Å². The summed E-state index contributed by atoms with van der Waals surface area (Å²) in [6, 6.07) is 8.27. The van der Waals surface area contributed by atoms with Crippen molar-refractivity contribution in [3.63, 3.8) is 0 Å². The number of piperazine rings is 1. The van der Waals surface area contributed by atoms with Crippen molar-refractivity contribution in [2.75, 3.05) is 57.9 Å². The minimum absolute atomic E-state index is 0.355. The number of nitrogens with one attached hydrogen (secondary N) is 1. The highest BCUT2D eigenvalue weighted by Gasteiger charge is 2.19. The van der Waals surface area contributed by atoms with Crippen molar-refractivity contribution in [2.45, 2.75) is 32.8 Å². The zero-order valence-corrected chi connectivity index (χ0v) is 17.5. The van der Waals surface area contributed by atoms with Crippen molar-refractivity contribution in [2.24, 2.45) is 0 Å². The predicted molar refractivity (Wildman–Crippen MR) is 110 cm³/mol. The van der Waals surface area contributed by atoms with Crippen LogP contribution in [0.3, 0.4) is 0 Å². The molecule has 1 aliphatic rings. The molecule has 0 aliphatic carbocycles. The molecule has 1 aromatic rings. The summed E-state index contributed by atoms with van der Waals surface area (Å²) < 4.78 is 11.0. The molecule has 7 heteroatoms. The van der Waals surface area contributed by atoms with E-state index in [2.05, 4.69) is 22.4 Å². The second kappa shape index (κ2) is 10.3. The second-order valence-electron chi connectivity index (χ2n) is 7.95. The number of amides is 1.